The van der Waals surface area contributed by atoms with E-state index in [1.807, 2.05) is 34.0 Å². The summed E-state index contributed by atoms with van der Waals surface area (Å²) in [5, 5.41) is 11.4. The van der Waals surface area contributed by atoms with Crippen molar-refractivity contribution in [2.75, 3.05) is 50.8 Å². The number of nitrogens with zero attached hydrogens (tertiary/aromatic N) is 5. The van der Waals surface area contributed by atoms with E-state index in [1.165, 1.54) is 0 Å². The second-order valence-corrected chi connectivity index (χ2v) is 11.0. The lowest BCUT2D eigenvalue weighted by molar-refractivity contribution is -0.134. The van der Waals surface area contributed by atoms with Gasteiger partial charge in [-0.2, -0.15) is 0 Å². The summed E-state index contributed by atoms with van der Waals surface area (Å²) < 4.78 is 13.6. The van der Waals surface area contributed by atoms with Crippen LogP contribution in [0.1, 0.15) is 74.3 Å². The predicted molar refractivity (Wildman–Crippen MR) is 148 cm³/mol. The average molecular weight is 539 g/mol. The molecule has 1 spiro atoms. The van der Waals surface area contributed by atoms with Crippen molar-refractivity contribution >= 4 is 17.5 Å². The molecule has 2 bridgehead atoms. The van der Waals surface area contributed by atoms with Gasteiger partial charge in [0.1, 0.15) is 11.4 Å². The SMILES string of the molecule is CCCOc1ccc(C(=O)N2CCC3(CCCCn4cc(nn4)COCCNC3=O)CC2)cc1N1CCCC1. The topological polar surface area (TPSA) is 102 Å². The van der Waals surface area contributed by atoms with Gasteiger partial charge in [0.05, 0.1) is 37.1 Å². The fourth-order valence-electron chi connectivity index (χ4n) is 5.95. The molecule has 3 aliphatic rings. The summed E-state index contributed by atoms with van der Waals surface area (Å²) in [5.74, 6) is 0.972. The van der Waals surface area contributed by atoms with Gasteiger partial charge in [-0.15, -0.1) is 5.10 Å². The van der Waals surface area contributed by atoms with Crippen LogP contribution < -0.4 is 15.0 Å². The number of likely N-dealkylation sites (tertiary alicyclic amines) is 1. The van der Waals surface area contributed by atoms with E-state index in [1.54, 1.807) is 0 Å². The minimum Gasteiger partial charge on any atom is -0.491 e. The first-order chi connectivity index (χ1) is 19.1. The number of hydrogen-bond acceptors (Lipinski definition) is 7. The Morgan fingerprint density at radius 1 is 1.08 bits per heavy atom. The first kappa shape index (κ1) is 27.4. The molecule has 0 radical (unpaired) electrons. The summed E-state index contributed by atoms with van der Waals surface area (Å²) in [6.45, 7) is 7.94. The van der Waals surface area contributed by atoms with Gasteiger partial charge in [0.15, 0.2) is 0 Å². The van der Waals surface area contributed by atoms with Gasteiger partial charge in [-0.3, -0.25) is 14.3 Å². The number of carbonyl (C=O) groups is 2. The molecular weight excluding hydrogens is 496 g/mol. The van der Waals surface area contributed by atoms with E-state index in [-0.39, 0.29) is 11.8 Å². The van der Waals surface area contributed by atoms with Gasteiger partial charge in [-0.1, -0.05) is 18.6 Å². The first-order valence-corrected chi connectivity index (χ1v) is 14.6. The summed E-state index contributed by atoms with van der Waals surface area (Å²) in [4.78, 5) is 31.3. The summed E-state index contributed by atoms with van der Waals surface area (Å²) in [6, 6.07) is 5.85. The standard InChI is InChI=1S/C29H42N6O4/c1-2-18-39-26-8-7-23(20-25(26)33-13-5-6-14-33)27(36)34-16-10-29(11-17-34)9-3-4-15-35-21-24(31-32-35)22-38-19-12-30-28(29)37/h7-8,20-21H,2-6,9-19,22H2,1H3,(H,30,37). The molecule has 1 aromatic heterocycles. The van der Waals surface area contributed by atoms with E-state index >= 15 is 0 Å². The van der Waals surface area contributed by atoms with Crippen molar-refractivity contribution in [1.29, 1.82) is 0 Å². The third-order valence-corrected chi connectivity index (χ3v) is 8.26. The fourth-order valence-corrected chi connectivity index (χ4v) is 5.95. The van der Waals surface area contributed by atoms with Gasteiger partial charge in [0.25, 0.3) is 5.91 Å². The molecule has 2 amide bonds. The summed E-state index contributed by atoms with van der Waals surface area (Å²) in [6.07, 6.45) is 9.16. The largest absolute Gasteiger partial charge is 0.491 e. The Morgan fingerprint density at radius 2 is 1.87 bits per heavy atom. The highest BCUT2D eigenvalue weighted by atomic mass is 16.5. The van der Waals surface area contributed by atoms with Crippen LogP contribution in [0.15, 0.2) is 24.4 Å². The number of amides is 2. The smallest absolute Gasteiger partial charge is 0.253 e. The van der Waals surface area contributed by atoms with Crippen LogP contribution in [0.25, 0.3) is 0 Å². The first-order valence-electron chi connectivity index (χ1n) is 14.6. The molecule has 2 aromatic rings. The third kappa shape index (κ3) is 6.54. The lowest BCUT2D eigenvalue weighted by Crippen LogP contribution is -2.50. The van der Waals surface area contributed by atoms with Crippen LogP contribution in [0.3, 0.4) is 0 Å². The molecule has 2 saturated heterocycles. The highest BCUT2D eigenvalue weighted by Crippen LogP contribution is 2.38. The summed E-state index contributed by atoms with van der Waals surface area (Å²) in [7, 11) is 0. The normalized spacial score (nSPS) is 20.5. The number of carbonyl (C=O) groups excluding carboxylic acids is 2. The highest BCUT2D eigenvalue weighted by Gasteiger charge is 2.41. The third-order valence-electron chi connectivity index (χ3n) is 8.26. The Balaban J connectivity index is 1.25. The van der Waals surface area contributed by atoms with E-state index in [4.69, 9.17) is 9.47 Å². The lowest BCUT2D eigenvalue weighted by atomic mass is 9.73. The molecule has 0 unspecified atom stereocenters. The predicted octanol–water partition coefficient (Wildman–Crippen LogP) is 3.41. The van der Waals surface area contributed by atoms with Crippen molar-refractivity contribution in [3.05, 3.63) is 35.7 Å². The van der Waals surface area contributed by atoms with E-state index < -0.39 is 5.41 Å². The number of hydrogen-bond donors (Lipinski definition) is 1. The number of nitrogens with one attached hydrogen (secondary N) is 1. The van der Waals surface area contributed by atoms with Crippen LogP contribution in [0.2, 0.25) is 0 Å². The minimum atomic E-state index is -0.465. The van der Waals surface area contributed by atoms with Crippen LogP contribution in [-0.2, 0) is 22.7 Å². The Hall–Kier alpha value is -3.14. The highest BCUT2D eigenvalue weighted by molar-refractivity contribution is 5.96. The van der Waals surface area contributed by atoms with Gasteiger partial charge >= 0.3 is 0 Å². The van der Waals surface area contributed by atoms with E-state index in [9.17, 15) is 9.59 Å². The molecule has 212 valence electrons. The van der Waals surface area contributed by atoms with E-state index in [0.717, 1.165) is 75.3 Å². The van der Waals surface area contributed by atoms with Crippen LogP contribution >= 0.6 is 0 Å². The molecule has 3 aliphatic heterocycles. The molecule has 10 heteroatoms. The second kappa shape index (κ2) is 12.8. The Kier molecular flexibility index (Phi) is 9.01. The molecule has 1 aromatic carbocycles. The number of aromatic nitrogens is 3. The average Bonchev–Trinajstić information content (AvgIpc) is 3.66. The zero-order chi connectivity index (χ0) is 27.1. The molecule has 2 fully saturated rings. The van der Waals surface area contributed by atoms with Gasteiger partial charge in [-0.25, -0.2) is 0 Å². The summed E-state index contributed by atoms with van der Waals surface area (Å²) in [5.41, 5.74) is 2.05. The van der Waals surface area contributed by atoms with Crippen molar-refractivity contribution in [3.63, 3.8) is 0 Å². The van der Waals surface area contributed by atoms with Crippen LogP contribution in [0.4, 0.5) is 5.69 Å². The van der Waals surface area contributed by atoms with Crippen LogP contribution in [-0.4, -0.2) is 77.6 Å². The number of fused-ring (bicyclic) bond motifs is 2. The van der Waals surface area contributed by atoms with Gasteiger partial charge < -0.3 is 24.6 Å². The monoisotopic (exact) mass is 538 g/mol. The number of aryl methyl sites for hydroxylation is 1. The van der Waals surface area contributed by atoms with Crippen molar-refractivity contribution < 1.29 is 19.1 Å². The molecule has 4 heterocycles. The Labute approximate surface area is 231 Å². The molecular formula is C29H42N6O4. The number of anilines is 1. The zero-order valence-corrected chi connectivity index (χ0v) is 23.2. The lowest BCUT2D eigenvalue weighted by Gasteiger charge is -2.41. The summed E-state index contributed by atoms with van der Waals surface area (Å²) >= 11 is 0. The van der Waals surface area contributed by atoms with Gasteiger partial charge in [0, 0.05) is 44.8 Å². The molecule has 0 aliphatic carbocycles. The van der Waals surface area contributed by atoms with Crippen LogP contribution in [0.5, 0.6) is 5.75 Å². The Morgan fingerprint density at radius 3 is 2.67 bits per heavy atom. The quantitative estimate of drug-likeness (QED) is 0.623. The molecule has 1 N–H and O–H groups in total. The van der Waals surface area contributed by atoms with Crippen molar-refractivity contribution in [2.24, 2.45) is 5.41 Å². The second-order valence-electron chi connectivity index (χ2n) is 11.0. The van der Waals surface area contributed by atoms with Crippen LogP contribution in [0, 0.1) is 5.41 Å². The Bertz CT molecular complexity index is 1120. The molecule has 10 nitrogen and oxygen atoms in total. The fraction of sp³-hybridized carbons (Fsp3) is 0.655. The number of piperidine rings is 1. The zero-order valence-electron chi connectivity index (χ0n) is 23.2. The number of rotatable bonds is 5. The maximum Gasteiger partial charge on any atom is 0.253 e. The minimum absolute atomic E-state index is 0.0315. The maximum atomic E-state index is 13.6. The van der Waals surface area contributed by atoms with E-state index in [0.29, 0.717) is 57.9 Å². The number of benzene rings is 1. The maximum absolute atomic E-state index is 13.6. The van der Waals surface area contributed by atoms with Crippen molar-refractivity contribution in [3.8, 4) is 5.75 Å². The van der Waals surface area contributed by atoms with E-state index in [2.05, 4.69) is 27.5 Å². The van der Waals surface area contributed by atoms with Gasteiger partial charge in [0.2, 0.25) is 5.91 Å². The molecule has 0 atom stereocenters. The van der Waals surface area contributed by atoms with Crippen molar-refractivity contribution in [1.82, 2.24) is 25.2 Å². The van der Waals surface area contributed by atoms with Gasteiger partial charge in [-0.05, 0) is 63.1 Å². The molecule has 39 heavy (non-hydrogen) atoms. The van der Waals surface area contributed by atoms with Crippen molar-refractivity contribution in [2.45, 2.75) is 71.4 Å². The number of ether oxygens (including phenoxy) is 2. The molecule has 5 rings (SSSR count). The molecule has 0 saturated carbocycles.